The molecule has 1 aromatic carbocycles. The minimum Gasteiger partial charge on any atom is -0.0801 e. The quantitative estimate of drug-likeness (QED) is 0.591. The fourth-order valence-corrected chi connectivity index (χ4v) is 5.10. The zero-order chi connectivity index (χ0) is 16.2. The van der Waals surface area contributed by atoms with Crippen molar-refractivity contribution in [2.45, 2.75) is 71.6 Å². The molecule has 0 heterocycles. The predicted octanol–water partition coefficient (Wildman–Crippen LogP) is 6.42. The van der Waals surface area contributed by atoms with Gasteiger partial charge in [-0.2, -0.15) is 0 Å². The Morgan fingerprint density at radius 1 is 1.00 bits per heavy atom. The molecule has 2 saturated carbocycles. The van der Waals surface area contributed by atoms with Crippen LogP contribution in [0, 0.1) is 25.2 Å². The Bertz CT molecular complexity index is 697. The van der Waals surface area contributed by atoms with Gasteiger partial charge in [0.25, 0.3) is 0 Å². The number of aryl methyl sites for hydroxylation is 2. The molecular weight excluding hydrogens is 276 g/mol. The molecule has 0 saturated heterocycles. The lowest BCUT2D eigenvalue weighted by Gasteiger charge is -2.33. The Kier molecular flexibility index (Phi) is 3.38. The van der Waals surface area contributed by atoms with E-state index in [4.69, 9.17) is 0 Å². The maximum Gasteiger partial charge on any atom is 0.0199 e. The number of rotatable bonds is 2. The average molecular weight is 306 g/mol. The third kappa shape index (κ3) is 2.25. The average Bonchev–Trinajstić information content (AvgIpc) is 2.99. The highest BCUT2D eigenvalue weighted by atomic mass is 14.6. The van der Waals surface area contributed by atoms with Gasteiger partial charge in [-0.05, 0) is 80.1 Å². The summed E-state index contributed by atoms with van der Waals surface area (Å²) in [5.74, 6) is 0.898. The molecule has 0 amide bonds. The zero-order valence-electron chi connectivity index (χ0n) is 15.2. The van der Waals surface area contributed by atoms with E-state index in [9.17, 15) is 0 Å². The zero-order valence-corrected chi connectivity index (χ0v) is 15.2. The largest absolute Gasteiger partial charge is 0.0801 e. The van der Waals surface area contributed by atoms with Crippen LogP contribution in [0.1, 0.15) is 69.1 Å². The summed E-state index contributed by atoms with van der Waals surface area (Å²) in [6.45, 7) is 9.34. The van der Waals surface area contributed by atoms with E-state index >= 15 is 0 Å². The van der Waals surface area contributed by atoms with E-state index in [2.05, 4.69) is 58.0 Å². The monoisotopic (exact) mass is 306 g/mol. The van der Waals surface area contributed by atoms with E-state index in [1.807, 2.05) is 0 Å². The lowest BCUT2D eigenvalue weighted by Crippen LogP contribution is -2.24. The van der Waals surface area contributed by atoms with Gasteiger partial charge >= 0.3 is 0 Å². The van der Waals surface area contributed by atoms with Crippen LogP contribution in [0.3, 0.4) is 0 Å². The minimum atomic E-state index is 0.285. The van der Waals surface area contributed by atoms with Gasteiger partial charge in [-0.25, -0.2) is 0 Å². The Labute approximate surface area is 141 Å². The smallest absolute Gasteiger partial charge is 0.0199 e. The summed E-state index contributed by atoms with van der Waals surface area (Å²) < 4.78 is 0. The molecule has 2 unspecified atom stereocenters. The molecule has 0 heteroatoms. The first kappa shape index (κ1) is 15.2. The third-order valence-electron chi connectivity index (χ3n) is 7.38. The first-order chi connectivity index (χ1) is 11.0. The summed E-state index contributed by atoms with van der Waals surface area (Å²) in [6, 6.07) is 7.21. The lowest BCUT2D eigenvalue weighted by molar-refractivity contribution is 0.530. The molecule has 3 aliphatic carbocycles. The molecule has 2 atom stereocenters. The van der Waals surface area contributed by atoms with Crippen LogP contribution in [0.4, 0.5) is 0 Å². The molecule has 1 aromatic rings. The van der Waals surface area contributed by atoms with E-state index < -0.39 is 0 Å². The van der Waals surface area contributed by atoms with E-state index in [0.717, 1.165) is 5.92 Å². The van der Waals surface area contributed by atoms with E-state index in [1.165, 1.54) is 49.7 Å². The molecule has 0 bridgehead atoms. The van der Waals surface area contributed by atoms with E-state index in [1.54, 1.807) is 16.7 Å². The number of hydrogen-bond donors (Lipinski definition) is 0. The third-order valence-corrected chi connectivity index (χ3v) is 7.38. The molecule has 0 spiro atoms. The van der Waals surface area contributed by atoms with Gasteiger partial charge in [0.1, 0.15) is 0 Å². The molecule has 4 rings (SSSR count). The van der Waals surface area contributed by atoms with Crippen molar-refractivity contribution in [2.24, 2.45) is 11.3 Å². The lowest BCUT2D eigenvalue weighted by atomic mass is 9.71. The SMILES string of the molecule is CC1=CC(C2(c3ccc(C)c(C)c3)CCCC2)=CCC2CC12C. The standard InChI is InChI=1S/C23H30/c1-16-7-8-19(13-17(16)2)23(11-5-6-12-23)20-9-10-21-15-22(21,4)18(3)14-20/h7-9,13-14,21H,5-6,10-12,15H2,1-4H3. The molecule has 3 aliphatic rings. The van der Waals surface area contributed by atoms with Crippen molar-refractivity contribution < 1.29 is 0 Å². The summed E-state index contributed by atoms with van der Waals surface area (Å²) in [7, 11) is 0. The van der Waals surface area contributed by atoms with Crippen LogP contribution >= 0.6 is 0 Å². The van der Waals surface area contributed by atoms with E-state index in [-0.39, 0.29) is 5.41 Å². The van der Waals surface area contributed by atoms with Crippen LogP contribution < -0.4 is 0 Å². The molecule has 0 nitrogen and oxygen atoms in total. The van der Waals surface area contributed by atoms with Crippen molar-refractivity contribution in [3.63, 3.8) is 0 Å². The Morgan fingerprint density at radius 2 is 1.74 bits per heavy atom. The van der Waals surface area contributed by atoms with Crippen LogP contribution in [0.25, 0.3) is 0 Å². The van der Waals surface area contributed by atoms with Gasteiger partial charge in [0.2, 0.25) is 0 Å². The molecule has 0 aliphatic heterocycles. The molecule has 0 radical (unpaired) electrons. The Morgan fingerprint density at radius 3 is 2.43 bits per heavy atom. The minimum absolute atomic E-state index is 0.285. The summed E-state index contributed by atoms with van der Waals surface area (Å²) >= 11 is 0. The molecule has 0 N–H and O–H groups in total. The van der Waals surface area contributed by atoms with Crippen molar-refractivity contribution in [3.8, 4) is 0 Å². The van der Waals surface area contributed by atoms with Crippen molar-refractivity contribution >= 4 is 0 Å². The topological polar surface area (TPSA) is 0 Å². The first-order valence-corrected chi connectivity index (χ1v) is 9.43. The van der Waals surface area contributed by atoms with Gasteiger partial charge in [-0.1, -0.05) is 55.7 Å². The Hall–Kier alpha value is -1.30. The summed E-state index contributed by atoms with van der Waals surface area (Å²) in [4.78, 5) is 0. The highest BCUT2D eigenvalue weighted by Crippen LogP contribution is 2.62. The van der Waals surface area contributed by atoms with Gasteiger partial charge in [-0.3, -0.25) is 0 Å². The molecule has 122 valence electrons. The number of allylic oxidation sites excluding steroid dienone is 4. The molecule has 0 aromatic heterocycles. The van der Waals surface area contributed by atoms with Gasteiger partial charge < -0.3 is 0 Å². The summed E-state index contributed by atoms with van der Waals surface area (Å²) in [5, 5.41) is 0. The van der Waals surface area contributed by atoms with Gasteiger partial charge in [0.15, 0.2) is 0 Å². The van der Waals surface area contributed by atoms with Crippen LogP contribution in [-0.4, -0.2) is 0 Å². The molecule has 2 fully saturated rings. The molecular formula is C23H30. The van der Waals surface area contributed by atoms with Crippen molar-refractivity contribution in [1.29, 1.82) is 0 Å². The molecule has 23 heavy (non-hydrogen) atoms. The maximum atomic E-state index is 2.60. The fourth-order valence-electron chi connectivity index (χ4n) is 5.10. The summed E-state index contributed by atoms with van der Waals surface area (Å²) in [5.41, 5.74) is 8.46. The van der Waals surface area contributed by atoms with Crippen LogP contribution in [-0.2, 0) is 5.41 Å². The van der Waals surface area contributed by atoms with Gasteiger partial charge in [0, 0.05) is 5.41 Å². The van der Waals surface area contributed by atoms with Crippen molar-refractivity contribution in [1.82, 2.24) is 0 Å². The second-order valence-corrected chi connectivity index (χ2v) is 8.63. The van der Waals surface area contributed by atoms with Crippen molar-refractivity contribution in [2.75, 3.05) is 0 Å². The van der Waals surface area contributed by atoms with Crippen molar-refractivity contribution in [3.05, 3.63) is 58.2 Å². The number of fused-ring (bicyclic) bond motifs is 1. The summed E-state index contributed by atoms with van der Waals surface area (Å²) in [6.07, 6.45) is 13.3. The first-order valence-electron chi connectivity index (χ1n) is 9.43. The second-order valence-electron chi connectivity index (χ2n) is 8.63. The second kappa shape index (κ2) is 5.10. The van der Waals surface area contributed by atoms with E-state index in [0.29, 0.717) is 5.41 Å². The van der Waals surface area contributed by atoms with Gasteiger partial charge in [-0.15, -0.1) is 0 Å². The van der Waals surface area contributed by atoms with Crippen LogP contribution in [0.5, 0.6) is 0 Å². The normalized spacial score (nSPS) is 31.9. The predicted molar refractivity (Wildman–Crippen MR) is 98.7 cm³/mol. The highest BCUT2D eigenvalue weighted by Gasteiger charge is 2.52. The fraction of sp³-hybridized carbons (Fsp3) is 0.565. The van der Waals surface area contributed by atoms with Crippen LogP contribution in [0.2, 0.25) is 0 Å². The van der Waals surface area contributed by atoms with Gasteiger partial charge in [0.05, 0.1) is 0 Å². The maximum absolute atomic E-state index is 2.60. The number of benzene rings is 1. The highest BCUT2D eigenvalue weighted by molar-refractivity contribution is 5.48. The van der Waals surface area contributed by atoms with Crippen LogP contribution in [0.15, 0.2) is 41.5 Å². The number of hydrogen-bond acceptors (Lipinski definition) is 0. The Balaban J connectivity index is 1.80.